The molecule has 0 radical (unpaired) electrons. The van der Waals surface area contributed by atoms with Crippen molar-refractivity contribution in [1.82, 2.24) is 0 Å². The maximum atomic E-state index is 12.8. The summed E-state index contributed by atoms with van der Waals surface area (Å²) in [7, 11) is 5.53. The van der Waals surface area contributed by atoms with E-state index in [0.717, 1.165) is 103 Å². The fraction of sp³-hybridized carbons (Fsp3) is 0.694. The van der Waals surface area contributed by atoms with Crippen molar-refractivity contribution in [3.8, 4) is 0 Å². The first-order chi connectivity index (χ1) is 34.1. The lowest BCUT2D eigenvalue weighted by Gasteiger charge is -2.31. The monoisotopic (exact) mass is 977 g/mol. The normalized spacial score (nSPS) is 13.6. The van der Waals surface area contributed by atoms with Crippen LogP contribution in [0.2, 0.25) is 0 Å². The van der Waals surface area contributed by atoms with Gasteiger partial charge in [0.15, 0.2) is 12.1 Å². The smallest absolute Gasteiger partial charge is 0.362 e. The van der Waals surface area contributed by atoms with E-state index in [0.29, 0.717) is 19.3 Å². The third-order valence-corrected chi connectivity index (χ3v) is 12.2. The van der Waals surface area contributed by atoms with Crippen LogP contribution < -0.4 is 0 Å². The summed E-state index contributed by atoms with van der Waals surface area (Å²) in [5.41, 5.74) is 0. The van der Waals surface area contributed by atoms with E-state index >= 15 is 0 Å². The fourth-order valence-corrected chi connectivity index (χ4v) is 7.96. The molecule has 0 aromatic heterocycles. The van der Waals surface area contributed by atoms with Crippen LogP contribution in [0, 0.1) is 0 Å². The van der Waals surface area contributed by atoms with E-state index in [-0.39, 0.29) is 36.2 Å². The van der Waals surface area contributed by atoms with Crippen molar-refractivity contribution in [3.05, 3.63) is 97.2 Å². The predicted octanol–water partition coefficient (Wildman–Crippen LogP) is 17.0. The molecule has 0 amide bonds. The molecule has 0 saturated heterocycles. The quantitative estimate of drug-likeness (QED) is 0.0281. The molecular formula is C62H106NO7+. The highest BCUT2D eigenvalue weighted by molar-refractivity contribution is 5.72. The Morgan fingerprint density at radius 2 is 0.757 bits per heavy atom. The van der Waals surface area contributed by atoms with Gasteiger partial charge in [-0.05, 0) is 89.9 Å². The summed E-state index contributed by atoms with van der Waals surface area (Å²) < 4.78 is 17.4. The molecule has 8 nitrogen and oxygen atoms in total. The molecule has 70 heavy (non-hydrogen) atoms. The van der Waals surface area contributed by atoms with Crippen molar-refractivity contribution in [1.29, 1.82) is 0 Å². The number of carbonyl (C=O) groups is 3. The summed E-state index contributed by atoms with van der Waals surface area (Å²) in [5.74, 6) is -1.48. The number of hydrogen-bond acceptors (Lipinski definition) is 6. The summed E-state index contributed by atoms with van der Waals surface area (Å²) in [6, 6.07) is -0.623. The molecule has 0 saturated carbocycles. The highest BCUT2D eigenvalue weighted by Crippen LogP contribution is 2.16. The van der Waals surface area contributed by atoms with Crippen molar-refractivity contribution in [2.24, 2.45) is 0 Å². The number of carboxylic acid groups (broad SMARTS) is 1. The van der Waals surface area contributed by atoms with Crippen LogP contribution in [0.5, 0.6) is 0 Å². The third kappa shape index (κ3) is 49.2. The van der Waals surface area contributed by atoms with Gasteiger partial charge in [-0.1, -0.05) is 214 Å². The SMILES string of the molecule is CC/C=C/C/C=C/C/C=C/C/C=C/C/C=C/CCCCCCCCCC(=O)OC(COCCC(C(=O)O)[N+](C)(C)C)COC(=O)CCCCCCCCCCCCCCC/C=C/C/C=C/C/C=C/CC. The number of rotatable bonds is 50. The van der Waals surface area contributed by atoms with E-state index in [1.165, 1.54) is 89.9 Å². The van der Waals surface area contributed by atoms with Gasteiger partial charge >= 0.3 is 17.9 Å². The average Bonchev–Trinajstić information content (AvgIpc) is 3.33. The molecular weight excluding hydrogens is 871 g/mol. The van der Waals surface area contributed by atoms with Crippen LogP contribution in [0.25, 0.3) is 0 Å². The lowest BCUT2D eigenvalue weighted by Crippen LogP contribution is -2.50. The summed E-state index contributed by atoms with van der Waals surface area (Å²) in [5, 5.41) is 9.68. The van der Waals surface area contributed by atoms with Gasteiger partial charge in [-0.25, -0.2) is 4.79 Å². The molecule has 0 heterocycles. The molecule has 0 aliphatic rings. The highest BCUT2D eigenvalue weighted by atomic mass is 16.6. The maximum Gasteiger partial charge on any atom is 0.362 e. The molecule has 0 aromatic rings. The molecule has 0 aromatic carbocycles. The second-order valence-electron chi connectivity index (χ2n) is 19.8. The Balaban J connectivity index is 4.21. The Morgan fingerprint density at radius 1 is 0.429 bits per heavy atom. The zero-order chi connectivity index (χ0) is 51.3. The van der Waals surface area contributed by atoms with Crippen LogP contribution in [0.1, 0.15) is 226 Å². The Bertz CT molecular complexity index is 1460. The summed E-state index contributed by atoms with van der Waals surface area (Å²) in [6.07, 6.45) is 70.3. The fourth-order valence-electron chi connectivity index (χ4n) is 7.96. The predicted molar refractivity (Wildman–Crippen MR) is 298 cm³/mol. The molecule has 2 atom stereocenters. The Morgan fingerprint density at radius 3 is 1.11 bits per heavy atom. The zero-order valence-corrected chi connectivity index (χ0v) is 45.7. The minimum atomic E-state index is -0.879. The van der Waals surface area contributed by atoms with Gasteiger partial charge < -0.3 is 23.8 Å². The topological polar surface area (TPSA) is 99.1 Å². The molecule has 0 fully saturated rings. The molecule has 0 aliphatic heterocycles. The van der Waals surface area contributed by atoms with Crippen molar-refractivity contribution in [2.45, 2.75) is 238 Å². The van der Waals surface area contributed by atoms with E-state index < -0.39 is 18.1 Å². The van der Waals surface area contributed by atoms with Gasteiger partial charge in [-0.15, -0.1) is 0 Å². The number of carboxylic acids is 1. The summed E-state index contributed by atoms with van der Waals surface area (Å²) >= 11 is 0. The van der Waals surface area contributed by atoms with Gasteiger partial charge in [0.1, 0.15) is 6.61 Å². The molecule has 2 unspecified atom stereocenters. The number of esters is 2. The summed E-state index contributed by atoms with van der Waals surface area (Å²) in [6.45, 7) is 4.51. The minimum absolute atomic E-state index is 0.0519. The molecule has 1 N–H and O–H groups in total. The zero-order valence-electron chi connectivity index (χ0n) is 45.7. The van der Waals surface area contributed by atoms with Crippen LogP contribution in [0.4, 0.5) is 0 Å². The first-order valence-corrected chi connectivity index (χ1v) is 28.3. The molecule has 0 rings (SSSR count). The molecule has 8 heteroatoms. The number of hydrogen-bond donors (Lipinski definition) is 1. The van der Waals surface area contributed by atoms with E-state index in [9.17, 15) is 19.5 Å². The number of nitrogens with zero attached hydrogens (tertiary/aromatic N) is 1. The first kappa shape index (κ1) is 66.2. The molecule has 0 spiro atoms. The number of quaternary nitrogens is 1. The number of likely N-dealkylation sites (N-methyl/N-ethyl adjacent to an activating group) is 1. The Kier molecular flexibility index (Phi) is 48.8. The van der Waals surface area contributed by atoms with E-state index in [2.05, 4.69) is 111 Å². The Hall–Kier alpha value is -3.75. The van der Waals surface area contributed by atoms with E-state index in [4.69, 9.17) is 14.2 Å². The number of carbonyl (C=O) groups excluding carboxylic acids is 2. The van der Waals surface area contributed by atoms with Gasteiger partial charge in [0.2, 0.25) is 0 Å². The van der Waals surface area contributed by atoms with Crippen LogP contribution in [-0.4, -0.2) is 80.6 Å². The minimum Gasteiger partial charge on any atom is -0.477 e. The van der Waals surface area contributed by atoms with E-state index in [1.54, 1.807) is 0 Å². The average molecular weight is 978 g/mol. The van der Waals surface area contributed by atoms with Gasteiger partial charge in [-0.3, -0.25) is 9.59 Å². The second kappa shape index (κ2) is 51.6. The Labute approximate surface area is 430 Å². The van der Waals surface area contributed by atoms with Crippen molar-refractivity contribution in [2.75, 3.05) is 41.0 Å². The van der Waals surface area contributed by atoms with Crippen molar-refractivity contribution < 1.29 is 38.2 Å². The van der Waals surface area contributed by atoms with Gasteiger partial charge in [-0.2, -0.15) is 0 Å². The van der Waals surface area contributed by atoms with Crippen molar-refractivity contribution >= 4 is 17.9 Å². The first-order valence-electron chi connectivity index (χ1n) is 28.3. The van der Waals surface area contributed by atoms with Crippen LogP contribution in [-0.2, 0) is 28.6 Å². The summed E-state index contributed by atoms with van der Waals surface area (Å²) in [4.78, 5) is 37.3. The van der Waals surface area contributed by atoms with Crippen LogP contribution >= 0.6 is 0 Å². The standard InChI is InChI=1S/C62H105NO7/c1-6-8-10-12-14-16-18-20-22-24-26-28-30-32-34-36-38-40-42-44-46-48-50-52-60(64)69-57-58(56-68-55-54-59(62(66)67)63(3,4)5)70-61(65)53-51-49-47-45-43-41-39-37-35-33-31-29-27-25-23-21-19-17-15-13-11-9-7-2/h8-11,14-17,20-23,27,29,33,35,58-59H,6-7,12-13,18-19,24-26,28,30-32,34,36-57H2,1-5H3/p+1/b10-8+,11-9+,16-14+,17-15+,22-20+,23-21+,29-27+,35-33+. The van der Waals surface area contributed by atoms with Crippen LogP contribution in [0.3, 0.4) is 0 Å². The maximum absolute atomic E-state index is 12.8. The largest absolute Gasteiger partial charge is 0.477 e. The molecule has 0 bridgehead atoms. The number of aliphatic carboxylic acids is 1. The lowest BCUT2D eigenvalue weighted by molar-refractivity contribution is -0.887. The van der Waals surface area contributed by atoms with Gasteiger partial charge in [0.25, 0.3) is 0 Å². The third-order valence-electron chi connectivity index (χ3n) is 12.2. The van der Waals surface area contributed by atoms with E-state index in [1.807, 2.05) is 21.1 Å². The van der Waals surface area contributed by atoms with Gasteiger partial charge in [0, 0.05) is 19.3 Å². The second-order valence-corrected chi connectivity index (χ2v) is 19.8. The van der Waals surface area contributed by atoms with Crippen molar-refractivity contribution in [3.63, 3.8) is 0 Å². The van der Waals surface area contributed by atoms with Gasteiger partial charge in [0.05, 0.1) is 34.4 Å². The number of unbranched alkanes of at least 4 members (excludes halogenated alkanes) is 20. The lowest BCUT2D eigenvalue weighted by atomic mass is 10.0. The molecule has 0 aliphatic carbocycles. The highest BCUT2D eigenvalue weighted by Gasteiger charge is 2.31. The number of allylic oxidation sites excluding steroid dienone is 16. The molecule has 400 valence electrons. The van der Waals surface area contributed by atoms with Crippen LogP contribution in [0.15, 0.2) is 97.2 Å². The number of ether oxygens (including phenoxy) is 3.